The van der Waals surface area contributed by atoms with Crippen LogP contribution >= 0.6 is 11.3 Å². The van der Waals surface area contributed by atoms with E-state index < -0.39 is 5.97 Å². The molecule has 1 fully saturated rings. The number of amides is 1. The first-order valence-corrected chi connectivity index (χ1v) is 10.7. The van der Waals surface area contributed by atoms with Gasteiger partial charge in [-0.05, 0) is 43.5 Å². The molecule has 0 saturated heterocycles. The van der Waals surface area contributed by atoms with Crippen molar-refractivity contribution in [1.29, 1.82) is 0 Å². The Morgan fingerprint density at radius 3 is 2.64 bits per heavy atom. The molecule has 1 aromatic carbocycles. The molecule has 0 spiro atoms. The first-order valence-electron chi connectivity index (χ1n) is 9.81. The van der Waals surface area contributed by atoms with E-state index >= 15 is 0 Å². The quantitative estimate of drug-likeness (QED) is 0.670. The van der Waals surface area contributed by atoms with Crippen LogP contribution in [0.4, 0.5) is 0 Å². The summed E-state index contributed by atoms with van der Waals surface area (Å²) >= 11 is 1.36. The van der Waals surface area contributed by atoms with E-state index in [1.807, 2.05) is 24.3 Å². The smallest absolute Gasteiger partial charge is 0.358 e. The van der Waals surface area contributed by atoms with Crippen LogP contribution in [0.15, 0.2) is 29.6 Å². The fourth-order valence-electron chi connectivity index (χ4n) is 3.14. The largest absolute Gasteiger partial charge is 0.494 e. The van der Waals surface area contributed by atoms with Gasteiger partial charge in [-0.3, -0.25) is 4.79 Å². The van der Waals surface area contributed by atoms with E-state index in [9.17, 15) is 9.59 Å². The lowest BCUT2D eigenvalue weighted by Crippen LogP contribution is -2.38. The average Bonchev–Trinajstić information content (AvgIpc) is 3.22. The van der Waals surface area contributed by atoms with Crippen LogP contribution in [0, 0.1) is 0 Å². The molecule has 1 aliphatic rings. The molecule has 0 atom stereocenters. The van der Waals surface area contributed by atoms with Gasteiger partial charge < -0.3 is 14.8 Å². The third-order valence-corrected chi connectivity index (χ3v) is 5.48. The van der Waals surface area contributed by atoms with Crippen molar-refractivity contribution in [2.45, 2.75) is 51.5 Å². The molecule has 0 radical (unpaired) electrons. The number of hydrogen-bond acceptors (Lipinski definition) is 6. The lowest BCUT2D eigenvalue weighted by molar-refractivity contribution is -0.125. The van der Waals surface area contributed by atoms with E-state index in [2.05, 4.69) is 17.2 Å². The number of thiazole rings is 1. The third-order valence-electron chi connectivity index (χ3n) is 4.59. The van der Waals surface area contributed by atoms with Crippen molar-refractivity contribution in [3.8, 4) is 16.3 Å². The van der Waals surface area contributed by atoms with E-state index in [0.29, 0.717) is 6.61 Å². The van der Waals surface area contributed by atoms with Crippen molar-refractivity contribution >= 4 is 23.2 Å². The lowest BCUT2D eigenvalue weighted by Gasteiger charge is -2.22. The Morgan fingerprint density at radius 2 is 1.93 bits per heavy atom. The Balaban J connectivity index is 1.50. The highest BCUT2D eigenvalue weighted by atomic mass is 32.1. The second-order valence-electron chi connectivity index (χ2n) is 6.89. The number of benzene rings is 1. The molecule has 6 nitrogen and oxygen atoms in total. The predicted molar refractivity (Wildman–Crippen MR) is 109 cm³/mol. The van der Waals surface area contributed by atoms with E-state index in [1.165, 1.54) is 17.8 Å². The molecule has 2 aromatic rings. The van der Waals surface area contributed by atoms with Crippen LogP contribution in [-0.4, -0.2) is 36.1 Å². The van der Waals surface area contributed by atoms with Crippen LogP contribution in [0.5, 0.6) is 5.75 Å². The number of esters is 1. The molecule has 150 valence electrons. The molecule has 1 aromatic heterocycles. The summed E-state index contributed by atoms with van der Waals surface area (Å²) in [6.07, 6.45) is 6.45. The highest BCUT2D eigenvalue weighted by molar-refractivity contribution is 7.13. The Kier molecular flexibility index (Phi) is 7.42. The maximum atomic E-state index is 12.2. The Morgan fingerprint density at radius 1 is 1.18 bits per heavy atom. The fraction of sp³-hybridized carbons (Fsp3) is 0.476. The molecule has 1 saturated carbocycles. The van der Waals surface area contributed by atoms with Crippen molar-refractivity contribution in [2.24, 2.45) is 0 Å². The summed E-state index contributed by atoms with van der Waals surface area (Å²) in [5.41, 5.74) is 1.12. The summed E-state index contributed by atoms with van der Waals surface area (Å²) in [5.74, 6) is -0.0201. The topological polar surface area (TPSA) is 77.5 Å². The second-order valence-corrected chi connectivity index (χ2v) is 7.75. The van der Waals surface area contributed by atoms with Gasteiger partial charge in [0.2, 0.25) is 0 Å². The second kappa shape index (κ2) is 10.2. The van der Waals surface area contributed by atoms with Gasteiger partial charge in [0.15, 0.2) is 12.3 Å². The molecule has 0 unspecified atom stereocenters. The monoisotopic (exact) mass is 402 g/mol. The van der Waals surface area contributed by atoms with Crippen LogP contribution in [-0.2, 0) is 9.53 Å². The molecule has 0 aliphatic heterocycles. The van der Waals surface area contributed by atoms with Crippen LogP contribution in [0.3, 0.4) is 0 Å². The lowest BCUT2D eigenvalue weighted by atomic mass is 9.95. The van der Waals surface area contributed by atoms with E-state index in [-0.39, 0.29) is 24.2 Å². The molecular formula is C21H26N2O4S. The highest BCUT2D eigenvalue weighted by Crippen LogP contribution is 2.26. The molecule has 3 rings (SSSR count). The summed E-state index contributed by atoms with van der Waals surface area (Å²) in [6.45, 7) is 2.47. The fourth-order valence-corrected chi connectivity index (χ4v) is 3.93. The predicted octanol–water partition coefficient (Wildman–Crippen LogP) is 4.20. The van der Waals surface area contributed by atoms with Gasteiger partial charge in [-0.1, -0.05) is 26.2 Å². The summed E-state index contributed by atoms with van der Waals surface area (Å²) < 4.78 is 10.7. The molecule has 7 heteroatoms. The van der Waals surface area contributed by atoms with Gasteiger partial charge in [-0.25, -0.2) is 9.78 Å². The molecule has 1 heterocycles. The zero-order valence-electron chi connectivity index (χ0n) is 16.1. The van der Waals surface area contributed by atoms with Gasteiger partial charge >= 0.3 is 5.97 Å². The zero-order valence-corrected chi connectivity index (χ0v) is 16.9. The average molecular weight is 403 g/mol. The minimum Gasteiger partial charge on any atom is -0.494 e. The molecular weight excluding hydrogens is 376 g/mol. The number of ether oxygens (including phenoxy) is 2. The number of rotatable bonds is 8. The van der Waals surface area contributed by atoms with Crippen molar-refractivity contribution in [3.05, 3.63) is 35.3 Å². The van der Waals surface area contributed by atoms with Gasteiger partial charge in [-0.15, -0.1) is 11.3 Å². The Labute approximate surface area is 169 Å². The summed E-state index contributed by atoms with van der Waals surface area (Å²) in [5, 5.41) is 5.30. The maximum absolute atomic E-state index is 12.2. The molecule has 1 N–H and O–H groups in total. The molecule has 28 heavy (non-hydrogen) atoms. The van der Waals surface area contributed by atoms with Gasteiger partial charge in [0.25, 0.3) is 5.91 Å². The maximum Gasteiger partial charge on any atom is 0.358 e. The van der Waals surface area contributed by atoms with Crippen molar-refractivity contribution < 1.29 is 19.1 Å². The normalized spacial score (nSPS) is 14.5. The summed E-state index contributed by atoms with van der Waals surface area (Å²) in [7, 11) is 0. The standard InChI is InChI=1S/C21H26N2O4S/c1-2-12-26-17-10-8-15(9-11-17)20-23-18(14-28-20)21(25)27-13-19(24)22-16-6-4-3-5-7-16/h8-11,14,16H,2-7,12-13H2,1H3,(H,22,24). The minimum absolute atomic E-state index is 0.204. The number of carbonyl (C=O) groups is 2. The van der Waals surface area contributed by atoms with Crippen LogP contribution in [0.1, 0.15) is 55.9 Å². The first kappa shape index (κ1) is 20.3. The SMILES string of the molecule is CCCOc1ccc(-c2nc(C(=O)OCC(=O)NC3CCCCC3)cs2)cc1. The van der Waals surface area contributed by atoms with Crippen LogP contribution < -0.4 is 10.1 Å². The van der Waals surface area contributed by atoms with E-state index in [4.69, 9.17) is 9.47 Å². The molecule has 1 aliphatic carbocycles. The first-order chi connectivity index (χ1) is 13.7. The van der Waals surface area contributed by atoms with Crippen LogP contribution in [0.2, 0.25) is 0 Å². The molecule has 1 amide bonds. The van der Waals surface area contributed by atoms with Crippen molar-refractivity contribution in [2.75, 3.05) is 13.2 Å². The summed E-state index contributed by atoms with van der Waals surface area (Å²) in [6, 6.07) is 7.81. The minimum atomic E-state index is -0.579. The highest BCUT2D eigenvalue weighted by Gasteiger charge is 2.18. The number of hydrogen-bond donors (Lipinski definition) is 1. The van der Waals surface area contributed by atoms with E-state index in [0.717, 1.165) is 48.4 Å². The summed E-state index contributed by atoms with van der Waals surface area (Å²) in [4.78, 5) is 28.5. The van der Waals surface area contributed by atoms with Crippen molar-refractivity contribution in [1.82, 2.24) is 10.3 Å². The molecule has 0 bridgehead atoms. The van der Waals surface area contributed by atoms with Gasteiger partial charge in [0.05, 0.1) is 6.61 Å². The number of carbonyl (C=O) groups excluding carboxylic acids is 2. The number of nitrogens with one attached hydrogen (secondary N) is 1. The zero-order chi connectivity index (χ0) is 19.8. The van der Waals surface area contributed by atoms with Crippen molar-refractivity contribution in [3.63, 3.8) is 0 Å². The van der Waals surface area contributed by atoms with Gasteiger partial charge in [0, 0.05) is 17.0 Å². The van der Waals surface area contributed by atoms with E-state index in [1.54, 1.807) is 5.38 Å². The Bertz CT molecular complexity index is 782. The van der Waals surface area contributed by atoms with Gasteiger partial charge in [0.1, 0.15) is 10.8 Å². The van der Waals surface area contributed by atoms with Gasteiger partial charge in [-0.2, -0.15) is 0 Å². The number of nitrogens with zero attached hydrogens (tertiary/aromatic N) is 1. The third kappa shape index (κ3) is 5.79. The van der Waals surface area contributed by atoms with Crippen LogP contribution in [0.25, 0.3) is 10.6 Å². The number of aromatic nitrogens is 1. The Hall–Kier alpha value is -2.41.